The van der Waals surface area contributed by atoms with Crippen LogP contribution in [0.2, 0.25) is 5.02 Å². The molecule has 4 heteroatoms. The van der Waals surface area contributed by atoms with Gasteiger partial charge in [0, 0.05) is 29.2 Å². The summed E-state index contributed by atoms with van der Waals surface area (Å²) in [6.07, 6.45) is 2.19. The fourth-order valence-electron chi connectivity index (χ4n) is 2.49. The molecule has 1 heterocycles. The molecule has 0 spiro atoms. The Morgan fingerprint density at radius 1 is 1.47 bits per heavy atom. The molecule has 104 valence electrons. The molecule has 1 aromatic carbocycles. The first-order valence-corrected chi connectivity index (χ1v) is 7.24. The van der Waals surface area contributed by atoms with E-state index in [4.69, 9.17) is 11.6 Å². The summed E-state index contributed by atoms with van der Waals surface area (Å²) in [5.74, 6) is -0.0295. The third kappa shape index (κ3) is 3.95. The normalized spacial score (nSPS) is 20.5. The van der Waals surface area contributed by atoms with Crippen LogP contribution in [0.1, 0.15) is 37.0 Å². The Labute approximate surface area is 119 Å². The Morgan fingerprint density at radius 2 is 2.26 bits per heavy atom. The lowest BCUT2D eigenvalue weighted by molar-refractivity contribution is 0.0886. The lowest BCUT2D eigenvalue weighted by atomic mass is 10.0. The van der Waals surface area contributed by atoms with Crippen molar-refractivity contribution in [2.45, 2.75) is 38.8 Å². The molecule has 1 amide bonds. The van der Waals surface area contributed by atoms with Crippen LogP contribution >= 0.6 is 11.6 Å². The van der Waals surface area contributed by atoms with Crippen molar-refractivity contribution in [3.63, 3.8) is 0 Å². The predicted molar refractivity (Wildman–Crippen MR) is 78.6 cm³/mol. The number of likely N-dealkylation sites (tertiary alicyclic amines) is 1. The SMILES string of the molecule is CC(C)N1CCC[C@@H](NC(=O)c2cccc(Cl)c2)C1. The van der Waals surface area contributed by atoms with Crippen LogP contribution in [-0.4, -0.2) is 36.0 Å². The first-order chi connectivity index (χ1) is 9.06. The fourth-order valence-corrected chi connectivity index (χ4v) is 2.68. The molecule has 0 aromatic heterocycles. The Hall–Kier alpha value is -1.06. The molecule has 0 radical (unpaired) electrons. The number of piperidine rings is 1. The van der Waals surface area contributed by atoms with Gasteiger partial charge in [0.1, 0.15) is 0 Å². The van der Waals surface area contributed by atoms with Crippen LogP contribution in [-0.2, 0) is 0 Å². The van der Waals surface area contributed by atoms with E-state index in [1.54, 1.807) is 24.3 Å². The van der Waals surface area contributed by atoms with Gasteiger partial charge in [-0.15, -0.1) is 0 Å². The Bertz CT molecular complexity index is 448. The van der Waals surface area contributed by atoms with Gasteiger partial charge in [-0.05, 0) is 51.4 Å². The van der Waals surface area contributed by atoms with Gasteiger partial charge in [0.15, 0.2) is 0 Å². The number of hydrogen-bond donors (Lipinski definition) is 1. The second-order valence-corrected chi connectivity index (χ2v) is 5.85. The molecule has 1 fully saturated rings. The van der Waals surface area contributed by atoms with E-state index in [2.05, 4.69) is 24.1 Å². The highest BCUT2D eigenvalue weighted by atomic mass is 35.5. The van der Waals surface area contributed by atoms with E-state index in [0.717, 1.165) is 25.9 Å². The summed E-state index contributed by atoms with van der Waals surface area (Å²) >= 11 is 5.91. The summed E-state index contributed by atoms with van der Waals surface area (Å²) in [5, 5.41) is 3.71. The quantitative estimate of drug-likeness (QED) is 0.923. The largest absolute Gasteiger partial charge is 0.348 e. The molecule has 0 unspecified atom stereocenters. The van der Waals surface area contributed by atoms with Crippen molar-refractivity contribution in [1.29, 1.82) is 0 Å². The van der Waals surface area contributed by atoms with Gasteiger partial charge in [0.25, 0.3) is 5.91 Å². The zero-order valence-corrected chi connectivity index (χ0v) is 12.3. The lowest BCUT2D eigenvalue weighted by Gasteiger charge is -2.35. The zero-order chi connectivity index (χ0) is 13.8. The van der Waals surface area contributed by atoms with Crippen LogP contribution < -0.4 is 5.32 Å². The maximum atomic E-state index is 12.2. The lowest BCUT2D eigenvalue weighted by Crippen LogP contribution is -2.49. The minimum atomic E-state index is -0.0295. The molecule has 1 N–H and O–H groups in total. The molecule has 1 aromatic rings. The average Bonchev–Trinajstić information content (AvgIpc) is 2.39. The number of nitrogens with zero attached hydrogens (tertiary/aromatic N) is 1. The average molecular weight is 281 g/mol. The molecule has 19 heavy (non-hydrogen) atoms. The van der Waals surface area contributed by atoms with Crippen molar-refractivity contribution in [1.82, 2.24) is 10.2 Å². The monoisotopic (exact) mass is 280 g/mol. The Kier molecular flexibility index (Phi) is 4.83. The van der Waals surface area contributed by atoms with Crippen LogP contribution in [0.15, 0.2) is 24.3 Å². The van der Waals surface area contributed by atoms with Crippen molar-refractivity contribution in [3.8, 4) is 0 Å². The minimum absolute atomic E-state index is 0.0295. The molecule has 0 aliphatic carbocycles. The number of nitrogens with one attached hydrogen (secondary N) is 1. The van der Waals surface area contributed by atoms with E-state index in [1.165, 1.54) is 0 Å². The number of amides is 1. The first-order valence-electron chi connectivity index (χ1n) is 6.87. The van der Waals surface area contributed by atoms with E-state index < -0.39 is 0 Å². The van der Waals surface area contributed by atoms with Crippen molar-refractivity contribution in [2.24, 2.45) is 0 Å². The molecule has 1 saturated heterocycles. The molecule has 1 atom stereocenters. The summed E-state index contributed by atoms with van der Waals surface area (Å²) in [4.78, 5) is 14.6. The summed E-state index contributed by atoms with van der Waals surface area (Å²) in [6.45, 7) is 6.45. The number of halogens is 1. The molecule has 0 saturated carbocycles. The van der Waals surface area contributed by atoms with Gasteiger partial charge >= 0.3 is 0 Å². The smallest absolute Gasteiger partial charge is 0.251 e. The van der Waals surface area contributed by atoms with Crippen LogP contribution in [0.4, 0.5) is 0 Å². The van der Waals surface area contributed by atoms with Gasteiger partial charge in [-0.1, -0.05) is 17.7 Å². The molecule has 1 aliphatic heterocycles. The molecule has 3 nitrogen and oxygen atoms in total. The van der Waals surface area contributed by atoms with Crippen LogP contribution in [0, 0.1) is 0 Å². The number of hydrogen-bond acceptors (Lipinski definition) is 2. The highest BCUT2D eigenvalue weighted by Crippen LogP contribution is 2.15. The number of benzene rings is 1. The predicted octanol–water partition coefficient (Wildman–Crippen LogP) is 2.94. The van der Waals surface area contributed by atoms with E-state index in [9.17, 15) is 4.79 Å². The first kappa shape index (κ1) is 14.4. The van der Waals surface area contributed by atoms with Crippen molar-refractivity contribution < 1.29 is 4.79 Å². The van der Waals surface area contributed by atoms with Gasteiger partial charge in [-0.2, -0.15) is 0 Å². The van der Waals surface area contributed by atoms with Gasteiger partial charge in [-0.25, -0.2) is 0 Å². The fraction of sp³-hybridized carbons (Fsp3) is 0.533. The third-order valence-electron chi connectivity index (χ3n) is 3.61. The Morgan fingerprint density at radius 3 is 2.95 bits per heavy atom. The summed E-state index contributed by atoms with van der Waals surface area (Å²) in [5.41, 5.74) is 0.633. The highest BCUT2D eigenvalue weighted by molar-refractivity contribution is 6.30. The van der Waals surface area contributed by atoms with E-state index in [0.29, 0.717) is 16.6 Å². The Balaban J connectivity index is 1.95. The standard InChI is InChI=1S/C15H21ClN2O/c1-11(2)18-8-4-7-14(10-18)17-15(19)12-5-3-6-13(16)9-12/h3,5-6,9,11,14H,4,7-8,10H2,1-2H3,(H,17,19)/t14-/m1/s1. The van der Waals surface area contributed by atoms with Crippen LogP contribution in [0.25, 0.3) is 0 Å². The van der Waals surface area contributed by atoms with Crippen molar-refractivity contribution in [2.75, 3.05) is 13.1 Å². The zero-order valence-electron chi connectivity index (χ0n) is 11.5. The number of carbonyl (C=O) groups is 1. The van der Waals surface area contributed by atoms with Gasteiger partial charge in [0.2, 0.25) is 0 Å². The van der Waals surface area contributed by atoms with E-state index in [1.807, 2.05) is 0 Å². The number of carbonyl (C=O) groups excluding carboxylic acids is 1. The summed E-state index contributed by atoms with van der Waals surface area (Å²) in [6, 6.07) is 7.86. The van der Waals surface area contributed by atoms with Crippen molar-refractivity contribution >= 4 is 17.5 Å². The van der Waals surface area contributed by atoms with Gasteiger partial charge in [-0.3, -0.25) is 9.69 Å². The maximum Gasteiger partial charge on any atom is 0.251 e. The molecule has 1 aliphatic rings. The third-order valence-corrected chi connectivity index (χ3v) is 3.84. The van der Waals surface area contributed by atoms with Gasteiger partial charge in [0.05, 0.1) is 0 Å². The van der Waals surface area contributed by atoms with Crippen molar-refractivity contribution in [3.05, 3.63) is 34.9 Å². The maximum absolute atomic E-state index is 12.2. The molecule has 2 rings (SSSR count). The van der Waals surface area contributed by atoms with E-state index >= 15 is 0 Å². The molecular formula is C15H21ClN2O. The topological polar surface area (TPSA) is 32.3 Å². The molecule has 0 bridgehead atoms. The minimum Gasteiger partial charge on any atom is -0.348 e. The number of rotatable bonds is 3. The second-order valence-electron chi connectivity index (χ2n) is 5.41. The van der Waals surface area contributed by atoms with Crippen LogP contribution in [0.5, 0.6) is 0 Å². The van der Waals surface area contributed by atoms with Gasteiger partial charge < -0.3 is 5.32 Å². The second kappa shape index (κ2) is 6.40. The molecular weight excluding hydrogens is 260 g/mol. The summed E-state index contributed by atoms with van der Waals surface area (Å²) in [7, 11) is 0. The summed E-state index contributed by atoms with van der Waals surface area (Å²) < 4.78 is 0. The highest BCUT2D eigenvalue weighted by Gasteiger charge is 2.23. The van der Waals surface area contributed by atoms with E-state index in [-0.39, 0.29) is 11.9 Å². The van der Waals surface area contributed by atoms with Crippen LogP contribution in [0.3, 0.4) is 0 Å².